The molecule has 30 heavy (non-hydrogen) atoms. The van der Waals surface area contributed by atoms with E-state index in [2.05, 4.69) is 15.6 Å². The quantitative estimate of drug-likeness (QED) is 0.593. The first-order chi connectivity index (χ1) is 14.6. The van der Waals surface area contributed by atoms with Crippen molar-refractivity contribution in [1.82, 2.24) is 0 Å². The summed E-state index contributed by atoms with van der Waals surface area (Å²) in [6.07, 6.45) is -1.84. The van der Waals surface area contributed by atoms with Gasteiger partial charge in [0.1, 0.15) is 6.10 Å². The number of aliphatic hydroxyl groups excluding tert-OH is 2. The van der Waals surface area contributed by atoms with Crippen molar-refractivity contribution in [2.45, 2.75) is 29.9 Å². The van der Waals surface area contributed by atoms with Crippen LogP contribution in [0.4, 0.5) is 11.4 Å². The van der Waals surface area contributed by atoms with Gasteiger partial charge in [0.2, 0.25) is 12.7 Å². The van der Waals surface area contributed by atoms with E-state index in [1.165, 1.54) is 11.8 Å². The Bertz CT molecular complexity index is 986. The first kappa shape index (κ1) is 19.2. The molecule has 0 spiro atoms. The molecule has 4 N–H and O–H groups in total. The molecular weight excluding hydrogens is 406 g/mol. The molecule has 1 fully saturated rings. The van der Waals surface area contributed by atoms with Gasteiger partial charge in [0.15, 0.2) is 16.7 Å². The molecule has 5 rings (SSSR count). The Labute approximate surface area is 177 Å². The van der Waals surface area contributed by atoms with E-state index in [4.69, 9.17) is 9.47 Å². The maximum atomic E-state index is 12.9. The number of aliphatic imine (C=N–C) groups is 1. The molecule has 3 aliphatic rings. The van der Waals surface area contributed by atoms with E-state index in [1.54, 1.807) is 0 Å². The third-order valence-electron chi connectivity index (χ3n) is 5.49. The van der Waals surface area contributed by atoms with Crippen molar-refractivity contribution in [2.75, 3.05) is 17.4 Å². The van der Waals surface area contributed by atoms with Gasteiger partial charge in [0.25, 0.3) is 0 Å². The van der Waals surface area contributed by atoms with Crippen molar-refractivity contribution in [3.63, 3.8) is 0 Å². The summed E-state index contributed by atoms with van der Waals surface area (Å²) in [6.45, 7) is 0.195. The Kier molecular flexibility index (Phi) is 5.01. The van der Waals surface area contributed by atoms with Gasteiger partial charge in [-0.1, -0.05) is 30.0 Å². The fourth-order valence-electron chi connectivity index (χ4n) is 3.96. The summed E-state index contributed by atoms with van der Waals surface area (Å²) in [4.78, 5) is 17.5. The monoisotopic (exact) mass is 427 g/mol. The summed E-state index contributed by atoms with van der Waals surface area (Å²) in [5, 5.41) is 27.3. The highest BCUT2D eigenvalue weighted by Gasteiger charge is 2.50. The van der Waals surface area contributed by atoms with Gasteiger partial charge >= 0.3 is 0 Å². The smallest absolute Gasteiger partial charge is 0.231 e. The molecule has 1 saturated carbocycles. The van der Waals surface area contributed by atoms with Crippen LogP contribution in [-0.2, 0) is 4.79 Å². The first-order valence-corrected chi connectivity index (χ1v) is 10.6. The number of amidine groups is 1. The van der Waals surface area contributed by atoms with Crippen LogP contribution in [0.15, 0.2) is 53.5 Å². The van der Waals surface area contributed by atoms with Crippen LogP contribution >= 0.6 is 11.8 Å². The molecule has 0 aromatic heterocycles. The van der Waals surface area contributed by atoms with E-state index in [1.807, 2.05) is 48.5 Å². The number of hydrogen-bond donors (Lipinski definition) is 4. The number of nitrogens with one attached hydrogen (secondary N) is 2. The third kappa shape index (κ3) is 3.60. The molecule has 2 aromatic rings. The summed E-state index contributed by atoms with van der Waals surface area (Å²) in [5.41, 5.74) is 1.46. The predicted octanol–water partition coefficient (Wildman–Crippen LogP) is 2.05. The van der Waals surface area contributed by atoms with Crippen LogP contribution in [-0.4, -0.2) is 51.6 Å². The zero-order valence-electron chi connectivity index (χ0n) is 15.9. The fourth-order valence-corrected chi connectivity index (χ4v) is 5.34. The number of ether oxygens (including phenoxy) is 2. The highest BCUT2D eigenvalue weighted by atomic mass is 32.2. The standard InChI is InChI=1S/C21H21N3O5S/c25-14-9-13(20(27)22-11-4-2-1-3-5-11)19-17(18(14)26)24-21(30-19)23-12-6-7-15-16(8-12)29-10-28-15/h1-8,13-14,17-19,25-26H,9-10H2,(H,22,27)(H,23,24)/t13-,14+,17-,18-,19+/m0/s1. The maximum Gasteiger partial charge on any atom is 0.231 e. The Morgan fingerprint density at radius 2 is 1.87 bits per heavy atom. The van der Waals surface area contributed by atoms with E-state index in [0.29, 0.717) is 22.4 Å². The number of amides is 1. The SMILES string of the molecule is O=C(Nc1ccccc1)[C@H]1C[C@@H](O)[C@H](O)[C@@H]2N=C(Nc3ccc4c(c3)OCO4)S[C@@H]21. The van der Waals surface area contributed by atoms with Crippen molar-refractivity contribution in [1.29, 1.82) is 0 Å². The van der Waals surface area contributed by atoms with Crippen LogP contribution in [0.3, 0.4) is 0 Å². The number of carbonyl (C=O) groups excluding carboxylic acids is 1. The van der Waals surface area contributed by atoms with E-state index in [-0.39, 0.29) is 24.4 Å². The van der Waals surface area contributed by atoms with Gasteiger partial charge in [-0.15, -0.1) is 0 Å². The van der Waals surface area contributed by atoms with Gasteiger partial charge in [0.05, 0.1) is 18.1 Å². The largest absolute Gasteiger partial charge is 0.454 e. The second-order valence-corrected chi connectivity index (χ2v) is 8.62. The van der Waals surface area contributed by atoms with Gasteiger partial charge in [-0.25, -0.2) is 0 Å². The van der Waals surface area contributed by atoms with Crippen LogP contribution in [0.2, 0.25) is 0 Å². The molecule has 2 heterocycles. The second kappa shape index (κ2) is 7.82. The van der Waals surface area contributed by atoms with Crippen LogP contribution in [0.25, 0.3) is 0 Å². The van der Waals surface area contributed by atoms with E-state index in [0.717, 1.165) is 5.69 Å². The molecule has 0 radical (unpaired) electrons. The number of rotatable bonds is 3. The van der Waals surface area contributed by atoms with E-state index >= 15 is 0 Å². The zero-order chi connectivity index (χ0) is 20.7. The Morgan fingerprint density at radius 1 is 1.07 bits per heavy atom. The molecule has 9 heteroatoms. The summed E-state index contributed by atoms with van der Waals surface area (Å²) >= 11 is 1.41. The Balaban J connectivity index is 1.33. The lowest BCUT2D eigenvalue weighted by atomic mass is 9.81. The van der Waals surface area contributed by atoms with Crippen molar-refractivity contribution in [3.05, 3.63) is 48.5 Å². The van der Waals surface area contributed by atoms with Crippen molar-refractivity contribution in [3.8, 4) is 11.5 Å². The highest BCUT2D eigenvalue weighted by molar-refractivity contribution is 8.15. The number of fused-ring (bicyclic) bond motifs is 2. The van der Waals surface area contributed by atoms with Crippen LogP contribution in [0, 0.1) is 5.92 Å². The molecule has 1 aliphatic carbocycles. The number of hydrogen-bond acceptors (Lipinski definition) is 8. The minimum absolute atomic E-state index is 0.181. The molecule has 156 valence electrons. The fraction of sp³-hybridized carbons (Fsp3) is 0.333. The van der Waals surface area contributed by atoms with Crippen LogP contribution in [0.1, 0.15) is 6.42 Å². The molecule has 8 nitrogen and oxygen atoms in total. The number of benzene rings is 2. The summed E-state index contributed by atoms with van der Waals surface area (Å²) in [6, 6.07) is 14.1. The lowest BCUT2D eigenvalue weighted by Gasteiger charge is -2.37. The molecule has 1 amide bonds. The number of carbonyl (C=O) groups is 1. The topological polar surface area (TPSA) is 112 Å². The number of anilines is 2. The number of thioether (sulfide) groups is 1. The number of para-hydroxylation sites is 1. The normalized spacial score (nSPS) is 29.1. The molecular formula is C21H21N3O5S. The Morgan fingerprint density at radius 3 is 2.70 bits per heavy atom. The van der Waals surface area contributed by atoms with Crippen molar-refractivity contribution >= 4 is 34.2 Å². The molecule has 2 aromatic carbocycles. The number of nitrogens with zero attached hydrogens (tertiary/aromatic N) is 1. The average molecular weight is 427 g/mol. The van der Waals surface area contributed by atoms with E-state index < -0.39 is 24.2 Å². The average Bonchev–Trinajstić information content (AvgIpc) is 3.38. The second-order valence-electron chi connectivity index (χ2n) is 7.46. The van der Waals surface area contributed by atoms with Gasteiger partial charge in [0, 0.05) is 22.7 Å². The van der Waals surface area contributed by atoms with Gasteiger partial charge in [-0.3, -0.25) is 9.79 Å². The zero-order valence-corrected chi connectivity index (χ0v) is 16.7. The van der Waals surface area contributed by atoms with Crippen LogP contribution in [0.5, 0.6) is 11.5 Å². The highest BCUT2D eigenvalue weighted by Crippen LogP contribution is 2.42. The molecule has 0 saturated heterocycles. The Hall–Kier alpha value is -2.75. The summed E-state index contributed by atoms with van der Waals surface area (Å²) in [5.74, 6) is 0.663. The van der Waals surface area contributed by atoms with Gasteiger partial charge in [-0.05, 0) is 30.7 Å². The number of aliphatic hydroxyl groups is 2. The predicted molar refractivity (Wildman–Crippen MR) is 114 cm³/mol. The summed E-state index contributed by atoms with van der Waals surface area (Å²) < 4.78 is 10.7. The van der Waals surface area contributed by atoms with Gasteiger partial charge in [-0.2, -0.15) is 0 Å². The molecule has 0 bridgehead atoms. The van der Waals surface area contributed by atoms with E-state index in [9.17, 15) is 15.0 Å². The van der Waals surface area contributed by atoms with Gasteiger partial charge < -0.3 is 30.3 Å². The summed E-state index contributed by atoms with van der Waals surface area (Å²) in [7, 11) is 0. The lowest BCUT2D eigenvalue weighted by molar-refractivity contribution is -0.124. The minimum Gasteiger partial charge on any atom is -0.454 e. The maximum absolute atomic E-state index is 12.9. The minimum atomic E-state index is -1.01. The molecule has 5 atom stereocenters. The molecule has 0 unspecified atom stereocenters. The molecule has 2 aliphatic heterocycles. The van der Waals surface area contributed by atoms with Crippen LogP contribution < -0.4 is 20.1 Å². The lowest BCUT2D eigenvalue weighted by Crippen LogP contribution is -2.52. The first-order valence-electron chi connectivity index (χ1n) is 9.71. The third-order valence-corrected chi connectivity index (χ3v) is 6.80. The van der Waals surface area contributed by atoms with Crippen molar-refractivity contribution in [2.24, 2.45) is 10.9 Å². The van der Waals surface area contributed by atoms with Crippen molar-refractivity contribution < 1.29 is 24.5 Å².